The van der Waals surface area contributed by atoms with E-state index in [0.29, 0.717) is 0 Å². The first kappa shape index (κ1) is 16.0. The lowest BCUT2D eigenvalue weighted by molar-refractivity contribution is -0.253. The number of hydrogen-bond acceptors (Lipinski definition) is 7. The van der Waals surface area contributed by atoms with Crippen molar-refractivity contribution in [3.63, 3.8) is 0 Å². The summed E-state index contributed by atoms with van der Waals surface area (Å²) in [6.45, 7) is 0.774. The Hall–Kier alpha value is -1.06. The van der Waals surface area contributed by atoms with E-state index in [0.717, 1.165) is 0 Å². The molecule has 0 radical (unpaired) electrons. The number of amides is 1. The van der Waals surface area contributed by atoms with Crippen molar-refractivity contribution in [2.45, 2.75) is 50.4 Å². The molecule has 1 fully saturated rings. The van der Waals surface area contributed by atoms with Gasteiger partial charge in [-0.05, 0) is 6.92 Å². The first-order valence-electron chi connectivity index (χ1n) is 5.96. The maximum atomic E-state index is 11.5. The summed E-state index contributed by atoms with van der Waals surface area (Å²) in [5.41, 5.74) is 0. The quantitative estimate of drug-likeness (QED) is 0.368. The van der Waals surface area contributed by atoms with Crippen LogP contribution in [0.4, 0.5) is 0 Å². The van der Waals surface area contributed by atoms with E-state index in [4.69, 9.17) is 9.84 Å². The third-order valence-electron chi connectivity index (χ3n) is 2.93. The lowest BCUT2D eigenvalue weighted by Gasteiger charge is -2.40. The first-order chi connectivity index (χ1) is 8.86. The molecule has 1 amide bonds. The zero-order valence-corrected chi connectivity index (χ0v) is 10.5. The molecule has 0 aromatic rings. The van der Waals surface area contributed by atoms with Crippen molar-refractivity contribution < 1.29 is 34.8 Å². The molecule has 1 saturated heterocycles. The van der Waals surface area contributed by atoms with Crippen LogP contribution in [0.3, 0.4) is 0 Å². The maximum absolute atomic E-state index is 11.5. The number of rotatable bonds is 5. The average Bonchev–Trinajstić information content (AvgIpc) is 2.36. The van der Waals surface area contributed by atoms with Crippen molar-refractivity contribution in [1.82, 2.24) is 5.32 Å². The Morgan fingerprint density at radius 3 is 2.32 bits per heavy atom. The Balaban J connectivity index is 2.57. The van der Waals surface area contributed by atoms with Crippen molar-refractivity contribution in [2.75, 3.05) is 6.61 Å². The second kappa shape index (κ2) is 6.92. The number of Topliss-reactive ketones (excluding diaryl/α,β-unsaturated/α-hetero) is 1. The van der Waals surface area contributed by atoms with Crippen LogP contribution < -0.4 is 5.32 Å². The van der Waals surface area contributed by atoms with Gasteiger partial charge in [-0.1, -0.05) is 0 Å². The molecular weight excluding hydrogens is 258 g/mol. The van der Waals surface area contributed by atoms with Gasteiger partial charge >= 0.3 is 0 Å². The fourth-order valence-electron chi connectivity index (χ4n) is 1.80. The van der Waals surface area contributed by atoms with Gasteiger partial charge < -0.3 is 35.3 Å². The summed E-state index contributed by atoms with van der Waals surface area (Å²) < 4.78 is 4.87. The van der Waals surface area contributed by atoms with E-state index in [9.17, 15) is 24.9 Å². The van der Waals surface area contributed by atoms with Crippen molar-refractivity contribution in [3.05, 3.63) is 0 Å². The van der Waals surface area contributed by atoms with Gasteiger partial charge in [-0.3, -0.25) is 4.79 Å². The zero-order valence-electron chi connectivity index (χ0n) is 10.5. The van der Waals surface area contributed by atoms with Crippen LogP contribution in [-0.2, 0) is 14.3 Å². The third kappa shape index (κ3) is 4.22. The van der Waals surface area contributed by atoms with Crippen LogP contribution in [0.1, 0.15) is 19.8 Å². The summed E-state index contributed by atoms with van der Waals surface area (Å²) in [7, 11) is 0. The van der Waals surface area contributed by atoms with Crippen molar-refractivity contribution in [1.29, 1.82) is 0 Å². The van der Waals surface area contributed by atoms with Gasteiger partial charge in [0.05, 0.1) is 6.61 Å². The molecule has 0 bridgehead atoms. The standard InChI is InChI=1S/C11H19NO7/c1-5(14)2-3-7(15)12-8-10(17)9(16)6(4-13)19-11(8)18/h6,8-11,13,16-18H,2-4H2,1H3,(H,12,15)/t6-,8-,9+,10+,11?/m0/s1. The molecule has 1 aliphatic heterocycles. The van der Waals surface area contributed by atoms with Crippen LogP contribution in [0.25, 0.3) is 0 Å². The number of carbonyl (C=O) groups is 2. The van der Waals surface area contributed by atoms with Gasteiger partial charge in [0.1, 0.15) is 30.1 Å². The van der Waals surface area contributed by atoms with Crippen LogP contribution in [0.2, 0.25) is 0 Å². The van der Waals surface area contributed by atoms with Crippen LogP contribution in [-0.4, -0.2) is 69.4 Å². The molecule has 0 spiro atoms. The normalized spacial score (nSPS) is 34.9. The van der Waals surface area contributed by atoms with Crippen LogP contribution >= 0.6 is 0 Å². The lowest BCUT2D eigenvalue weighted by atomic mass is 9.97. The minimum atomic E-state index is -1.54. The van der Waals surface area contributed by atoms with Crippen molar-refractivity contribution in [2.24, 2.45) is 0 Å². The number of carbonyl (C=O) groups excluding carboxylic acids is 2. The molecule has 1 unspecified atom stereocenters. The molecule has 0 aliphatic carbocycles. The van der Waals surface area contributed by atoms with Gasteiger partial charge in [0.15, 0.2) is 6.29 Å². The fraction of sp³-hybridized carbons (Fsp3) is 0.818. The Morgan fingerprint density at radius 1 is 1.16 bits per heavy atom. The Labute approximate surface area is 110 Å². The molecule has 1 heterocycles. The summed E-state index contributed by atoms with van der Waals surface area (Å²) >= 11 is 0. The summed E-state index contributed by atoms with van der Waals surface area (Å²) in [5, 5.41) is 40.1. The van der Waals surface area contributed by atoms with Crippen molar-refractivity contribution >= 4 is 11.7 Å². The highest BCUT2D eigenvalue weighted by molar-refractivity contribution is 5.83. The number of hydrogen-bond donors (Lipinski definition) is 5. The molecule has 8 nitrogen and oxygen atoms in total. The maximum Gasteiger partial charge on any atom is 0.220 e. The Kier molecular flexibility index (Phi) is 5.83. The number of ether oxygens (including phenoxy) is 1. The molecule has 8 heteroatoms. The van der Waals surface area contributed by atoms with Crippen LogP contribution in [0, 0.1) is 0 Å². The molecule has 19 heavy (non-hydrogen) atoms. The molecule has 5 atom stereocenters. The summed E-state index contributed by atoms with van der Waals surface area (Å²) in [6, 6.07) is -1.21. The zero-order chi connectivity index (χ0) is 14.6. The van der Waals surface area contributed by atoms with Crippen LogP contribution in [0.15, 0.2) is 0 Å². The SMILES string of the molecule is CC(=O)CCC(=O)N[C@@H]1C(O)O[C@@H](CO)[C@@H](O)[C@@H]1O. The van der Waals surface area contributed by atoms with E-state index in [1.54, 1.807) is 0 Å². The van der Waals surface area contributed by atoms with Gasteiger partial charge in [-0.25, -0.2) is 0 Å². The van der Waals surface area contributed by atoms with Crippen LogP contribution in [0.5, 0.6) is 0 Å². The summed E-state index contributed by atoms with van der Waals surface area (Å²) in [5.74, 6) is -0.701. The van der Waals surface area contributed by atoms with E-state index in [1.807, 2.05) is 0 Å². The van der Waals surface area contributed by atoms with Gasteiger partial charge in [-0.2, -0.15) is 0 Å². The number of aliphatic hydroxyl groups is 4. The topological polar surface area (TPSA) is 136 Å². The summed E-state index contributed by atoms with van der Waals surface area (Å²) in [4.78, 5) is 22.2. The smallest absolute Gasteiger partial charge is 0.220 e. The third-order valence-corrected chi connectivity index (χ3v) is 2.93. The molecule has 1 rings (SSSR count). The first-order valence-corrected chi connectivity index (χ1v) is 5.96. The van der Waals surface area contributed by atoms with Gasteiger partial charge in [-0.15, -0.1) is 0 Å². The van der Waals surface area contributed by atoms with Crippen molar-refractivity contribution in [3.8, 4) is 0 Å². The monoisotopic (exact) mass is 277 g/mol. The largest absolute Gasteiger partial charge is 0.394 e. The van der Waals surface area contributed by atoms with Gasteiger partial charge in [0.2, 0.25) is 5.91 Å². The predicted molar refractivity (Wildman–Crippen MR) is 61.8 cm³/mol. The Morgan fingerprint density at radius 2 is 1.79 bits per heavy atom. The summed E-state index contributed by atoms with van der Waals surface area (Å²) in [6.07, 6.45) is -5.58. The number of aliphatic hydroxyl groups excluding tert-OH is 4. The molecule has 0 saturated carbocycles. The highest BCUT2D eigenvalue weighted by Crippen LogP contribution is 2.19. The highest BCUT2D eigenvalue weighted by Gasteiger charge is 2.44. The minimum Gasteiger partial charge on any atom is -0.394 e. The fourth-order valence-corrected chi connectivity index (χ4v) is 1.80. The lowest BCUT2D eigenvalue weighted by Crippen LogP contribution is -2.64. The number of nitrogens with one attached hydrogen (secondary N) is 1. The van der Waals surface area contributed by atoms with Gasteiger partial charge in [0.25, 0.3) is 0 Å². The van der Waals surface area contributed by atoms with E-state index >= 15 is 0 Å². The molecule has 0 aromatic carbocycles. The van der Waals surface area contributed by atoms with E-state index in [-0.39, 0.29) is 18.6 Å². The number of ketones is 1. The molecule has 5 N–H and O–H groups in total. The average molecular weight is 277 g/mol. The molecule has 0 aromatic heterocycles. The van der Waals surface area contributed by atoms with E-state index in [1.165, 1.54) is 6.92 Å². The van der Waals surface area contributed by atoms with E-state index < -0.39 is 43.2 Å². The van der Waals surface area contributed by atoms with E-state index in [2.05, 4.69) is 5.32 Å². The minimum absolute atomic E-state index is 0.0490. The Bertz CT molecular complexity index is 335. The predicted octanol–water partition coefficient (Wildman–Crippen LogP) is -2.73. The second-order valence-electron chi connectivity index (χ2n) is 4.52. The molecular formula is C11H19NO7. The highest BCUT2D eigenvalue weighted by atomic mass is 16.6. The van der Waals surface area contributed by atoms with Gasteiger partial charge in [0, 0.05) is 12.8 Å². The molecule has 1 aliphatic rings. The molecule has 110 valence electrons. The second-order valence-corrected chi connectivity index (χ2v) is 4.52.